The third-order valence-corrected chi connectivity index (χ3v) is 2.00. The Morgan fingerprint density at radius 1 is 1.33 bits per heavy atom. The van der Waals surface area contributed by atoms with Crippen LogP contribution in [0.25, 0.3) is 0 Å². The summed E-state index contributed by atoms with van der Waals surface area (Å²) in [4.78, 5) is 0. The van der Waals surface area contributed by atoms with Gasteiger partial charge in [-0.15, -0.1) is 24.0 Å². The molecule has 0 amide bonds. The summed E-state index contributed by atoms with van der Waals surface area (Å²) in [6, 6.07) is 8.09. The van der Waals surface area contributed by atoms with Crippen molar-refractivity contribution in [1.82, 2.24) is 0 Å². The zero-order chi connectivity index (χ0) is 8.27. The lowest BCUT2D eigenvalue weighted by molar-refractivity contribution is 0.826. The van der Waals surface area contributed by atoms with Crippen molar-refractivity contribution in [2.75, 3.05) is 5.88 Å². The number of halogens is 2. The second-order valence-electron chi connectivity index (χ2n) is 2.67. The average Bonchev–Trinajstić information content (AvgIpc) is 2.05. The van der Waals surface area contributed by atoms with Crippen molar-refractivity contribution < 1.29 is 0 Å². The van der Waals surface area contributed by atoms with E-state index in [4.69, 9.17) is 17.3 Å². The standard InChI is InChI=1S/C9H12ClN.ClH/c1-7-2-4-8(5-3-7)9(11)6-10;/h2-5,9H,6,11H2,1H3;1H. The Labute approximate surface area is 84.3 Å². The molecule has 1 rings (SSSR count). The number of hydrogen-bond donors (Lipinski definition) is 1. The second-order valence-corrected chi connectivity index (χ2v) is 2.98. The third kappa shape index (κ3) is 3.02. The molecule has 0 heterocycles. The number of hydrogen-bond acceptors (Lipinski definition) is 1. The molecule has 0 aromatic heterocycles. The van der Waals surface area contributed by atoms with Crippen LogP contribution in [-0.4, -0.2) is 5.88 Å². The topological polar surface area (TPSA) is 26.0 Å². The second kappa shape index (κ2) is 5.41. The van der Waals surface area contributed by atoms with Crippen LogP contribution in [0.4, 0.5) is 0 Å². The molecular formula is C9H13Cl2N. The predicted octanol–water partition coefficient (Wildman–Crippen LogP) is 2.66. The molecule has 1 unspecified atom stereocenters. The fraction of sp³-hybridized carbons (Fsp3) is 0.333. The van der Waals surface area contributed by atoms with E-state index in [1.807, 2.05) is 24.3 Å². The van der Waals surface area contributed by atoms with E-state index < -0.39 is 0 Å². The van der Waals surface area contributed by atoms with E-state index in [1.54, 1.807) is 0 Å². The van der Waals surface area contributed by atoms with Gasteiger partial charge < -0.3 is 5.73 Å². The zero-order valence-corrected chi connectivity index (χ0v) is 8.53. The fourth-order valence-electron chi connectivity index (χ4n) is 0.903. The Hall–Kier alpha value is -0.240. The van der Waals surface area contributed by atoms with Gasteiger partial charge in [0.15, 0.2) is 0 Å². The number of aryl methyl sites for hydroxylation is 1. The van der Waals surface area contributed by atoms with Crippen molar-refractivity contribution >= 4 is 24.0 Å². The molecular weight excluding hydrogens is 193 g/mol. The highest BCUT2D eigenvalue weighted by molar-refractivity contribution is 6.18. The predicted molar refractivity (Wildman–Crippen MR) is 56.1 cm³/mol. The summed E-state index contributed by atoms with van der Waals surface area (Å²) in [6.07, 6.45) is 0. The maximum atomic E-state index is 5.71. The van der Waals surface area contributed by atoms with Crippen molar-refractivity contribution in [3.8, 4) is 0 Å². The normalized spacial score (nSPS) is 11.9. The van der Waals surface area contributed by atoms with E-state index in [9.17, 15) is 0 Å². The lowest BCUT2D eigenvalue weighted by Crippen LogP contribution is -2.11. The molecule has 0 fully saturated rings. The van der Waals surface area contributed by atoms with Crippen LogP contribution in [0, 0.1) is 6.92 Å². The van der Waals surface area contributed by atoms with Gasteiger partial charge in [-0.25, -0.2) is 0 Å². The summed E-state index contributed by atoms with van der Waals surface area (Å²) in [6.45, 7) is 2.05. The van der Waals surface area contributed by atoms with Gasteiger partial charge in [0, 0.05) is 11.9 Å². The van der Waals surface area contributed by atoms with E-state index in [0.717, 1.165) is 5.56 Å². The van der Waals surface area contributed by atoms with Crippen LogP contribution < -0.4 is 5.73 Å². The van der Waals surface area contributed by atoms with Crippen LogP contribution in [0.5, 0.6) is 0 Å². The molecule has 1 aromatic rings. The Morgan fingerprint density at radius 2 is 1.83 bits per heavy atom. The fourth-order valence-corrected chi connectivity index (χ4v) is 1.08. The van der Waals surface area contributed by atoms with Crippen molar-refractivity contribution in [2.45, 2.75) is 13.0 Å². The first kappa shape index (κ1) is 11.8. The summed E-state index contributed by atoms with van der Waals surface area (Å²) in [5, 5.41) is 0. The smallest absolute Gasteiger partial charge is 0.0432 e. The average molecular weight is 206 g/mol. The minimum Gasteiger partial charge on any atom is -0.323 e. The monoisotopic (exact) mass is 205 g/mol. The SMILES string of the molecule is Cc1ccc(C(N)CCl)cc1.Cl. The summed E-state index contributed by atoms with van der Waals surface area (Å²) >= 11 is 5.60. The van der Waals surface area contributed by atoms with Gasteiger partial charge in [0.1, 0.15) is 0 Å². The van der Waals surface area contributed by atoms with Gasteiger partial charge in [-0.1, -0.05) is 29.8 Å². The molecule has 1 nitrogen and oxygen atoms in total. The number of rotatable bonds is 2. The van der Waals surface area contributed by atoms with Gasteiger partial charge in [0.2, 0.25) is 0 Å². The summed E-state index contributed by atoms with van der Waals surface area (Å²) in [5.74, 6) is 0.475. The van der Waals surface area contributed by atoms with E-state index in [-0.39, 0.29) is 18.4 Å². The highest BCUT2D eigenvalue weighted by Crippen LogP contribution is 2.11. The Bertz CT molecular complexity index is 220. The first-order valence-corrected chi connectivity index (χ1v) is 4.15. The Kier molecular flexibility index (Phi) is 5.31. The third-order valence-electron chi connectivity index (χ3n) is 1.67. The van der Waals surface area contributed by atoms with Gasteiger partial charge >= 0.3 is 0 Å². The summed E-state index contributed by atoms with van der Waals surface area (Å²) in [7, 11) is 0. The quantitative estimate of drug-likeness (QED) is 0.739. The molecule has 1 aromatic carbocycles. The number of nitrogens with two attached hydrogens (primary N) is 1. The number of benzene rings is 1. The first-order chi connectivity index (χ1) is 5.24. The highest BCUT2D eigenvalue weighted by Gasteiger charge is 2.01. The van der Waals surface area contributed by atoms with Gasteiger partial charge in [0.05, 0.1) is 0 Å². The van der Waals surface area contributed by atoms with E-state index >= 15 is 0 Å². The van der Waals surface area contributed by atoms with Crippen LogP contribution in [0.1, 0.15) is 17.2 Å². The molecule has 0 saturated carbocycles. The molecule has 68 valence electrons. The molecule has 12 heavy (non-hydrogen) atoms. The molecule has 0 aliphatic rings. The first-order valence-electron chi connectivity index (χ1n) is 3.62. The molecule has 2 N–H and O–H groups in total. The minimum absolute atomic E-state index is 0. The van der Waals surface area contributed by atoms with E-state index in [2.05, 4.69) is 6.92 Å². The highest BCUT2D eigenvalue weighted by atomic mass is 35.5. The lowest BCUT2D eigenvalue weighted by atomic mass is 10.1. The number of alkyl halides is 1. The molecule has 0 aliphatic heterocycles. The van der Waals surface area contributed by atoms with Gasteiger partial charge in [-0.05, 0) is 12.5 Å². The van der Waals surface area contributed by atoms with Gasteiger partial charge in [-0.2, -0.15) is 0 Å². The van der Waals surface area contributed by atoms with E-state index in [1.165, 1.54) is 5.56 Å². The molecule has 0 bridgehead atoms. The summed E-state index contributed by atoms with van der Waals surface area (Å²) in [5.41, 5.74) is 8.06. The van der Waals surface area contributed by atoms with Crippen molar-refractivity contribution in [2.24, 2.45) is 5.73 Å². The van der Waals surface area contributed by atoms with Crippen LogP contribution in [-0.2, 0) is 0 Å². The molecule has 0 aliphatic carbocycles. The maximum absolute atomic E-state index is 5.71. The van der Waals surface area contributed by atoms with Crippen LogP contribution in [0.3, 0.4) is 0 Å². The van der Waals surface area contributed by atoms with Gasteiger partial charge in [-0.3, -0.25) is 0 Å². The molecule has 3 heteroatoms. The van der Waals surface area contributed by atoms with Crippen LogP contribution in [0.15, 0.2) is 24.3 Å². The van der Waals surface area contributed by atoms with Crippen LogP contribution in [0.2, 0.25) is 0 Å². The minimum atomic E-state index is -0.0303. The summed E-state index contributed by atoms with van der Waals surface area (Å²) < 4.78 is 0. The van der Waals surface area contributed by atoms with E-state index in [0.29, 0.717) is 5.88 Å². The molecule has 0 saturated heterocycles. The molecule has 1 atom stereocenters. The largest absolute Gasteiger partial charge is 0.323 e. The maximum Gasteiger partial charge on any atom is 0.0432 e. The molecule has 0 spiro atoms. The lowest BCUT2D eigenvalue weighted by Gasteiger charge is -2.07. The Morgan fingerprint density at radius 3 is 2.25 bits per heavy atom. The van der Waals surface area contributed by atoms with Crippen LogP contribution >= 0.6 is 24.0 Å². The molecule has 0 radical (unpaired) electrons. The van der Waals surface area contributed by atoms with Crippen molar-refractivity contribution in [3.63, 3.8) is 0 Å². The zero-order valence-electron chi connectivity index (χ0n) is 6.96. The Balaban J connectivity index is 0.00000121. The van der Waals surface area contributed by atoms with Crippen molar-refractivity contribution in [3.05, 3.63) is 35.4 Å². The van der Waals surface area contributed by atoms with Gasteiger partial charge in [0.25, 0.3) is 0 Å². The van der Waals surface area contributed by atoms with Crippen molar-refractivity contribution in [1.29, 1.82) is 0 Å².